The van der Waals surface area contributed by atoms with Crippen LogP contribution in [0, 0.1) is 0 Å². The maximum Gasteiger partial charge on any atom is 0.316 e. The lowest BCUT2D eigenvalue weighted by molar-refractivity contribution is -0.905. The number of likely N-dealkylation sites (N-methyl/N-ethyl adjacent to an activating group) is 1. The van der Waals surface area contributed by atoms with Crippen LogP contribution >= 0.6 is 0 Å². The van der Waals surface area contributed by atoms with Crippen LogP contribution in [0.1, 0.15) is 0 Å². The highest BCUT2D eigenvalue weighted by Crippen LogP contribution is 2.08. The molecule has 72 valence electrons. The third-order valence-electron chi connectivity index (χ3n) is 2.03. The lowest BCUT2D eigenvalue weighted by Crippen LogP contribution is -2.54. The van der Waals surface area contributed by atoms with Crippen molar-refractivity contribution in [3.63, 3.8) is 0 Å². The van der Waals surface area contributed by atoms with Crippen molar-refractivity contribution in [2.45, 2.75) is 0 Å². The van der Waals surface area contributed by atoms with Crippen LogP contribution in [0.4, 0.5) is 0 Å². The van der Waals surface area contributed by atoms with Crippen LogP contribution < -0.4 is 0 Å². The molecule has 0 atom stereocenters. The van der Waals surface area contributed by atoms with Crippen LogP contribution in [0.25, 0.3) is 0 Å². The lowest BCUT2D eigenvalue weighted by atomic mass is 10.4. The molecule has 1 fully saturated rings. The number of nitrogens with zero attached hydrogens (tertiary/aromatic N) is 1. The minimum atomic E-state index is -3.87. The first-order chi connectivity index (χ1) is 5.41. The fourth-order valence-electron chi connectivity index (χ4n) is 1.31. The molecule has 0 aliphatic carbocycles. The van der Waals surface area contributed by atoms with E-state index in [9.17, 15) is 8.42 Å². The zero-order chi connectivity index (χ0) is 9.24. The highest BCUT2D eigenvalue weighted by Gasteiger charge is 2.30. The van der Waals surface area contributed by atoms with Crippen molar-refractivity contribution >= 4 is 10.1 Å². The van der Waals surface area contributed by atoms with Crippen LogP contribution in [0.3, 0.4) is 0 Å². The van der Waals surface area contributed by atoms with E-state index in [0.717, 1.165) is 0 Å². The number of quaternary nitrogens is 1. The second kappa shape index (κ2) is 3.29. The van der Waals surface area contributed by atoms with Gasteiger partial charge in [-0.05, 0) is 0 Å². The summed E-state index contributed by atoms with van der Waals surface area (Å²) in [6, 6.07) is 0. The summed E-state index contributed by atoms with van der Waals surface area (Å²) < 4.78 is 35.3. The molecule has 0 radical (unpaired) electrons. The largest absolute Gasteiger partial charge is 0.370 e. The molecule has 0 bridgehead atoms. The van der Waals surface area contributed by atoms with Crippen LogP contribution in [0.5, 0.6) is 0 Å². The first kappa shape index (κ1) is 9.91. The van der Waals surface area contributed by atoms with Gasteiger partial charge < -0.3 is 9.22 Å². The molecule has 1 rings (SSSR count). The Morgan fingerprint density at radius 1 is 1.42 bits per heavy atom. The molecule has 1 aliphatic rings. The molecular formula is C6H14NO4S+. The van der Waals surface area contributed by atoms with Gasteiger partial charge in [0.15, 0.2) is 0 Å². The molecule has 0 aromatic heterocycles. The topological polar surface area (TPSA) is 63.6 Å². The number of hydrogen-bond acceptors (Lipinski definition) is 3. The summed E-state index contributed by atoms with van der Waals surface area (Å²) in [5.74, 6) is -0.212. The standard InChI is InChI=1S/C6H13NO4S/c1-7(6-12(8,9)10)2-4-11-5-3-7/h2-6H2,1H3/p+1. The molecule has 6 heteroatoms. The van der Waals surface area contributed by atoms with E-state index in [2.05, 4.69) is 0 Å². The van der Waals surface area contributed by atoms with Gasteiger partial charge in [-0.3, -0.25) is 4.55 Å². The van der Waals surface area contributed by atoms with Crippen molar-refractivity contribution in [2.24, 2.45) is 0 Å². The lowest BCUT2D eigenvalue weighted by Gasteiger charge is -2.35. The Balaban J connectivity index is 2.59. The molecule has 12 heavy (non-hydrogen) atoms. The van der Waals surface area contributed by atoms with Crippen molar-refractivity contribution in [2.75, 3.05) is 39.2 Å². The van der Waals surface area contributed by atoms with Gasteiger partial charge in [0.05, 0.1) is 20.3 Å². The van der Waals surface area contributed by atoms with Crippen LogP contribution in [0.15, 0.2) is 0 Å². The molecule has 1 aliphatic heterocycles. The van der Waals surface area contributed by atoms with E-state index in [1.807, 2.05) is 0 Å². The highest BCUT2D eigenvalue weighted by atomic mass is 32.2. The van der Waals surface area contributed by atoms with E-state index >= 15 is 0 Å². The van der Waals surface area contributed by atoms with E-state index in [0.29, 0.717) is 30.8 Å². The van der Waals surface area contributed by atoms with Crippen molar-refractivity contribution in [3.8, 4) is 0 Å². The normalized spacial score (nSPS) is 23.8. The first-order valence-electron chi connectivity index (χ1n) is 3.78. The maximum absolute atomic E-state index is 10.6. The Bertz CT molecular complexity index is 242. The number of hydrogen-bond donors (Lipinski definition) is 1. The quantitative estimate of drug-likeness (QED) is 0.469. The van der Waals surface area contributed by atoms with Gasteiger partial charge in [0.2, 0.25) is 5.88 Å². The monoisotopic (exact) mass is 196 g/mol. The summed E-state index contributed by atoms with van der Waals surface area (Å²) in [5.41, 5.74) is 0. The van der Waals surface area contributed by atoms with Gasteiger partial charge in [0, 0.05) is 0 Å². The molecule has 0 unspecified atom stereocenters. The molecule has 0 saturated carbocycles. The van der Waals surface area contributed by atoms with Crippen molar-refractivity contribution in [1.29, 1.82) is 0 Å². The Morgan fingerprint density at radius 2 is 1.92 bits per heavy atom. The van der Waals surface area contributed by atoms with Gasteiger partial charge in [-0.15, -0.1) is 0 Å². The molecule has 0 amide bonds. The average molecular weight is 196 g/mol. The Labute approximate surface area is 72.3 Å². The van der Waals surface area contributed by atoms with Crippen molar-refractivity contribution in [1.82, 2.24) is 0 Å². The molecule has 0 aromatic carbocycles. The third-order valence-corrected chi connectivity index (χ3v) is 2.98. The second-order valence-electron chi connectivity index (χ2n) is 3.39. The van der Waals surface area contributed by atoms with Crippen LogP contribution in [0.2, 0.25) is 0 Å². The van der Waals surface area contributed by atoms with Gasteiger partial charge in [0.25, 0.3) is 0 Å². The zero-order valence-corrected chi connectivity index (χ0v) is 7.88. The van der Waals surface area contributed by atoms with Gasteiger partial charge in [-0.2, -0.15) is 8.42 Å². The van der Waals surface area contributed by atoms with Crippen LogP contribution in [-0.4, -0.2) is 56.7 Å². The molecule has 1 saturated heterocycles. The molecular weight excluding hydrogens is 182 g/mol. The maximum atomic E-state index is 10.6. The second-order valence-corrected chi connectivity index (χ2v) is 4.81. The van der Waals surface area contributed by atoms with Crippen LogP contribution in [-0.2, 0) is 14.9 Å². The average Bonchev–Trinajstić information content (AvgIpc) is 1.83. The van der Waals surface area contributed by atoms with E-state index in [1.54, 1.807) is 7.05 Å². The third kappa shape index (κ3) is 3.06. The number of rotatable bonds is 2. The van der Waals surface area contributed by atoms with Gasteiger partial charge in [-0.1, -0.05) is 0 Å². The van der Waals surface area contributed by atoms with E-state index in [1.165, 1.54) is 0 Å². The number of morpholine rings is 1. The summed E-state index contributed by atoms with van der Waals surface area (Å²) in [4.78, 5) is 0. The fourth-order valence-corrected chi connectivity index (χ4v) is 2.35. The first-order valence-corrected chi connectivity index (χ1v) is 5.39. The van der Waals surface area contributed by atoms with Gasteiger partial charge in [0.1, 0.15) is 13.1 Å². The summed E-state index contributed by atoms with van der Waals surface area (Å²) in [6.45, 7) is 2.40. The minimum Gasteiger partial charge on any atom is -0.370 e. The van der Waals surface area contributed by atoms with Gasteiger partial charge in [-0.25, -0.2) is 0 Å². The van der Waals surface area contributed by atoms with E-state index < -0.39 is 10.1 Å². The summed E-state index contributed by atoms with van der Waals surface area (Å²) in [5, 5.41) is 0. The highest BCUT2D eigenvalue weighted by molar-refractivity contribution is 7.85. The molecule has 1 N–H and O–H groups in total. The summed E-state index contributed by atoms with van der Waals surface area (Å²) in [7, 11) is -2.06. The van der Waals surface area contributed by atoms with E-state index in [-0.39, 0.29) is 5.88 Å². The minimum absolute atomic E-state index is 0.212. The number of ether oxygens (including phenoxy) is 1. The summed E-state index contributed by atoms with van der Waals surface area (Å²) >= 11 is 0. The van der Waals surface area contributed by atoms with Crippen molar-refractivity contribution in [3.05, 3.63) is 0 Å². The predicted molar refractivity (Wildman–Crippen MR) is 43.2 cm³/mol. The Kier molecular flexibility index (Phi) is 2.72. The summed E-state index contributed by atoms with van der Waals surface area (Å²) in [6.07, 6.45) is 0. The van der Waals surface area contributed by atoms with Gasteiger partial charge >= 0.3 is 10.1 Å². The fraction of sp³-hybridized carbons (Fsp3) is 1.00. The Morgan fingerprint density at radius 3 is 2.33 bits per heavy atom. The molecule has 5 nitrogen and oxygen atoms in total. The SMILES string of the molecule is C[N+]1(CS(=O)(=O)O)CCOCC1. The Hall–Kier alpha value is -0.170. The molecule has 0 spiro atoms. The smallest absolute Gasteiger partial charge is 0.316 e. The molecule has 1 heterocycles. The predicted octanol–water partition coefficient (Wildman–Crippen LogP) is -0.691. The molecule has 0 aromatic rings. The van der Waals surface area contributed by atoms with Crippen molar-refractivity contribution < 1.29 is 22.2 Å². The zero-order valence-electron chi connectivity index (χ0n) is 7.06. The van der Waals surface area contributed by atoms with E-state index in [4.69, 9.17) is 9.29 Å².